The Morgan fingerprint density at radius 2 is 1.67 bits per heavy atom. The van der Waals surface area contributed by atoms with Gasteiger partial charge in [-0.3, -0.25) is 0 Å². The fourth-order valence-electron chi connectivity index (χ4n) is 5.34. The van der Waals surface area contributed by atoms with Crippen molar-refractivity contribution in [1.82, 2.24) is 15.0 Å². The van der Waals surface area contributed by atoms with Gasteiger partial charge in [-0.1, -0.05) is 57.1 Å². The van der Waals surface area contributed by atoms with Crippen LogP contribution in [0.5, 0.6) is 0 Å². The van der Waals surface area contributed by atoms with E-state index >= 15 is 0 Å². The summed E-state index contributed by atoms with van der Waals surface area (Å²) >= 11 is 0. The van der Waals surface area contributed by atoms with Crippen LogP contribution in [0.4, 0.5) is 17.8 Å². The minimum Gasteiger partial charge on any atom is -0.354 e. The van der Waals surface area contributed by atoms with Gasteiger partial charge in [-0.05, 0) is 55.4 Å². The van der Waals surface area contributed by atoms with Gasteiger partial charge in [-0.25, -0.2) is 0 Å². The summed E-state index contributed by atoms with van der Waals surface area (Å²) in [5.74, 6) is 4.32. The van der Waals surface area contributed by atoms with Gasteiger partial charge in [-0.2, -0.15) is 15.0 Å². The Kier molecular flexibility index (Phi) is 7.03. The third-order valence-electron chi connectivity index (χ3n) is 7.01. The Labute approximate surface area is 180 Å². The summed E-state index contributed by atoms with van der Waals surface area (Å²) in [6.45, 7) is 9.17. The van der Waals surface area contributed by atoms with E-state index in [0.717, 1.165) is 29.9 Å². The van der Waals surface area contributed by atoms with Gasteiger partial charge < -0.3 is 16.0 Å². The second kappa shape index (κ2) is 10.1. The Balaban J connectivity index is 1.45. The fourth-order valence-corrected chi connectivity index (χ4v) is 5.34. The summed E-state index contributed by atoms with van der Waals surface area (Å²) in [7, 11) is 0. The van der Waals surface area contributed by atoms with Gasteiger partial charge >= 0.3 is 0 Å². The standard InChI is InChI=1S/C24H36N6/c1-3-8-17(4-2)15-25-22-28-23(26-16-18-9-6-5-7-10-18)30-24(29-22)27-21-14-19-11-12-20(21)13-19/h3-4,8,18-21H,1-2,5-7,9-16H2,(H3,25,26,27,28,29,30)/b17-8+. The molecule has 0 amide bonds. The lowest BCUT2D eigenvalue weighted by atomic mass is 9.89. The van der Waals surface area contributed by atoms with Crippen LogP contribution >= 0.6 is 0 Å². The molecule has 3 N–H and O–H groups in total. The molecule has 4 rings (SSSR count). The van der Waals surface area contributed by atoms with Gasteiger partial charge in [0.1, 0.15) is 0 Å². The molecule has 3 saturated carbocycles. The van der Waals surface area contributed by atoms with E-state index < -0.39 is 0 Å². The van der Waals surface area contributed by atoms with Crippen LogP contribution in [0.25, 0.3) is 0 Å². The maximum Gasteiger partial charge on any atom is 0.229 e. The first-order valence-corrected chi connectivity index (χ1v) is 11.7. The molecular weight excluding hydrogens is 372 g/mol. The Morgan fingerprint density at radius 3 is 2.33 bits per heavy atom. The minimum atomic E-state index is 0.495. The first-order chi connectivity index (χ1) is 14.7. The molecule has 0 aliphatic heterocycles. The number of anilines is 3. The van der Waals surface area contributed by atoms with Crippen molar-refractivity contribution in [2.45, 2.75) is 63.8 Å². The quantitative estimate of drug-likeness (QED) is 0.464. The highest BCUT2D eigenvalue weighted by molar-refractivity contribution is 5.44. The predicted molar refractivity (Wildman–Crippen MR) is 125 cm³/mol. The van der Waals surface area contributed by atoms with Crippen LogP contribution in [0.1, 0.15) is 57.8 Å². The van der Waals surface area contributed by atoms with E-state index in [1.54, 1.807) is 6.08 Å². The molecule has 2 bridgehead atoms. The molecular formula is C24H36N6. The molecule has 0 saturated heterocycles. The number of hydrogen-bond donors (Lipinski definition) is 3. The molecule has 3 aliphatic rings. The summed E-state index contributed by atoms with van der Waals surface area (Å²) in [6.07, 6.45) is 17.5. The number of nitrogens with one attached hydrogen (secondary N) is 3. The van der Waals surface area contributed by atoms with E-state index in [1.807, 2.05) is 12.2 Å². The second-order valence-electron chi connectivity index (χ2n) is 9.15. The molecule has 3 aliphatic carbocycles. The number of rotatable bonds is 10. The summed E-state index contributed by atoms with van der Waals surface area (Å²) in [5.41, 5.74) is 1.05. The van der Waals surface area contributed by atoms with Crippen LogP contribution in [0.15, 0.2) is 37.0 Å². The van der Waals surface area contributed by atoms with Gasteiger partial charge in [0.25, 0.3) is 0 Å². The van der Waals surface area contributed by atoms with Crippen molar-refractivity contribution in [2.75, 3.05) is 29.0 Å². The molecule has 3 atom stereocenters. The summed E-state index contributed by atoms with van der Waals surface area (Å²) in [4.78, 5) is 14.0. The monoisotopic (exact) mass is 408 g/mol. The normalized spacial score (nSPS) is 26.4. The van der Waals surface area contributed by atoms with E-state index in [0.29, 0.717) is 30.4 Å². The lowest BCUT2D eigenvalue weighted by Crippen LogP contribution is -2.27. The van der Waals surface area contributed by atoms with E-state index in [4.69, 9.17) is 4.98 Å². The van der Waals surface area contributed by atoms with Crippen molar-refractivity contribution in [3.05, 3.63) is 37.0 Å². The number of fused-ring (bicyclic) bond motifs is 2. The molecule has 30 heavy (non-hydrogen) atoms. The smallest absolute Gasteiger partial charge is 0.229 e. The molecule has 0 radical (unpaired) electrons. The van der Waals surface area contributed by atoms with Crippen molar-refractivity contribution < 1.29 is 0 Å². The minimum absolute atomic E-state index is 0.495. The van der Waals surface area contributed by atoms with Gasteiger partial charge in [0.2, 0.25) is 17.8 Å². The molecule has 0 spiro atoms. The molecule has 1 aromatic rings. The molecule has 6 heteroatoms. The SMILES string of the molecule is C=C/C=C(\C=C)CNc1nc(NCC2CCCCC2)nc(NC2CC3CCC2C3)n1. The molecule has 3 unspecified atom stereocenters. The van der Waals surface area contributed by atoms with E-state index in [9.17, 15) is 0 Å². The lowest BCUT2D eigenvalue weighted by molar-refractivity contribution is 0.373. The van der Waals surface area contributed by atoms with Crippen molar-refractivity contribution in [2.24, 2.45) is 17.8 Å². The summed E-state index contributed by atoms with van der Waals surface area (Å²) in [5, 5.41) is 10.4. The predicted octanol–water partition coefficient (Wildman–Crippen LogP) is 5.17. The van der Waals surface area contributed by atoms with Crippen LogP contribution in [0.3, 0.4) is 0 Å². The maximum absolute atomic E-state index is 4.71. The van der Waals surface area contributed by atoms with E-state index in [1.165, 1.54) is 57.8 Å². The van der Waals surface area contributed by atoms with Crippen molar-refractivity contribution in [1.29, 1.82) is 0 Å². The van der Waals surface area contributed by atoms with Crippen LogP contribution < -0.4 is 16.0 Å². The van der Waals surface area contributed by atoms with Crippen molar-refractivity contribution in [3.8, 4) is 0 Å². The number of hydrogen-bond acceptors (Lipinski definition) is 6. The first-order valence-electron chi connectivity index (χ1n) is 11.7. The zero-order chi connectivity index (χ0) is 20.8. The second-order valence-corrected chi connectivity index (χ2v) is 9.15. The highest BCUT2D eigenvalue weighted by atomic mass is 15.3. The zero-order valence-corrected chi connectivity index (χ0v) is 18.1. The van der Waals surface area contributed by atoms with E-state index in [-0.39, 0.29) is 0 Å². The number of aromatic nitrogens is 3. The molecule has 3 fully saturated rings. The van der Waals surface area contributed by atoms with Gasteiger partial charge in [-0.15, -0.1) is 0 Å². The largest absolute Gasteiger partial charge is 0.354 e. The van der Waals surface area contributed by atoms with Crippen LogP contribution in [0.2, 0.25) is 0 Å². The van der Waals surface area contributed by atoms with Gasteiger partial charge in [0.05, 0.1) is 0 Å². The fraction of sp³-hybridized carbons (Fsp3) is 0.625. The highest BCUT2D eigenvalue weighted by Gasteiger charge is 2.39. The maximum atomic E-state index is 4.71. The topological polar surface area (TPSA) is 74.8 Å². The molecule has 0 aromatic carbocycles. The number of nitrogens with zero attached hydrogens (tertiary/aromatic N) is 3. The summed E-state index contributed by atoms with van der Waals surface area (Å²) in [6, 6.07) is 0.495. The first kappa shape index (κ1) is 20.9. The molecule has 1 heterocycles. The van der Waals surface area contributed by atoms with Crippen LogP contribution in [-0.2, 0) is 0 Å². The average molecular weight is 409 g/mol. The van der Waals surface area contributed by atoms with Crippen LogP contribution in [-0.4, -0.2) is 34.1 Å². The number of allylic oxidation sites excluding steroid dienone is 2. The zero-order valence-electron chi connectivity index (χ0n) is 18.1. The van der Waals surface area contributed by atoms with Crippen molar-refractivity contribution in [3.63, 3.8) is 0 Å². The molecule has 6 nitrogen and oxygen atoms in total. The molecule has 162 valence electrons. The van der Waals surface area contributed by atoms with E-state index in [2.05, 4.69) is 39.1 Å². The Hall–Kier alpha value is -2.37. The lowest BCUT2D eigenvalue weighted by Gasteiger charge is -2.24. The summed E-state index contributed by atoms with van der Waals surface area (Å²) < 4.78 is 0. The highest BCUT2D eigenvalue weighted by Crippen LogP contribution is 2.45. The van der Waals surface area contributed by atoms with Gasteiger partial charge in [0, 0.05) is 19.1 Å². The molecule has 1 aromatic heterocycles. The van der Waals surface area contributed by atoms with Gasteiger partial charge in [0.15, 0.2) is 0 Å². The average Bonchev–Trinajstić information content (AvgIpc) is 3.39. The third kappa shape index (κ3) is 5.41. The Bertz CT molecular complexity index is 767. The van der Waals surface area contributed by atoms with Crippen molar-refractivity contribution >= 4 is 17.8 Å². The third-order valence-corrected chi connectivity index (χ3v) is 7.01. The Morgan fingerprint density at radius 1 is 0.900 bits per heavy atom. The van der Waals surface area contributed by atoms with Crippen LogP contribution in [0, 0.1) is 17.8 Å².